The van der Waals surface area contributed by atoms with Crippen LogP contribution in [0.5, 0.6) is 0 Å². The fourth-order valence-corrected chi connectivity index (χ4v) is 2.84. The Bertz CT molecular complexity index is 550. The molecular formula is C14H16N4OS. The van der Waals surface area contributed by atoms with Crippen LogP contribution in [0.2, 0.25) is 0 Å². The summed E-state index contributed by atoms with van der Waals surface area (Å²) in [4.78, 5) is 24.8. The molecule has 1 aliphatic rings. The normalized spacial score (nSPS) is 16.3. The van der Waals surface area contributed by atoms with Crippen molar-refractivity contribution in [1.29, 1.82) is 0 Å². The van der Waals surface area contributed by atoms with Crippen molar-refractivity contribution in [2.24, 2.45) is 0 Å². The van der Waals surface area contributed by atoms with E-state index in [0.29, 0.717) is 5.69 Å². The third-order valence-corrected chi connectivity index (χ3v) is 4.01. The van der Waals surface area contributed by atoms with Gasteiger partial charge in [-0.25, -0.2) is 4.98 Å². The van der Waals surface area contributed by atoms with Gasteiger partial charge in [-0.3, -0.25) is 14.7 Å². The van der Waals surface area contributed by atoms with Crippen molar-refractivity contribution >= 4 is 17.2 Å². The van der Waals surface area contributed by atoms with Crippen LogP contribution in [0.1, 0.15) is 16.2 Å². The lowest BCUT2D eigenvalue weighted by Gasteiger charge is -2.34. The molecule has 6 heteroatoms. The van der Waals surface area contributed by atoms with Gasteiger partial charge in [0.25, 0.3) is 5.91 Å². The van der Waals surface area contributed by atoms with E-state index in [4.69, 9.17) is 0 Å². The van der Waals surface area contributed by atoms with Crippen molar-refractivity contribution in [1.82, 2.24) is 19.8 Å². The van der Waals surface area contributed by atoms with E-state index in [1.165, 1.54) is 11.3 Å². The van der Waals surface area contributed by atoms with Gasteiger partial charge in [-0.05, 0) is 12.1 Å². The first-order valence-electron chi connectivity index (χ1n) is 6.62. The number of aromatic nitrogens is 2. The molecule has 1 aliphatic heterocycles. The quantitative estimate of drug-likeness (QED) is 0.859. The molecule has 0 aromatic carbocycles. The number of pyridine rings is 1. The minimum Gasteiger partial charge on any atom is -0.335 e. The first-order chi connectivity index (χ1) is 9.83. The lowest BCUT2D eigenvalue weighted by atomic mass is 10.2. The maximum atomic E-state index is 12.2. The fraction of sp³-hybridized carbons (Fsp3) is 0.357. The number of amides is 1. The van der Waals surface area contributed by atoms with Crippen LogP contribution < -0.4 is 0 Å². The van der Waals surface area contributed by atoms with Gasteiger partial charge in [-0.15, -0.1) is 11.3 Å². The van der Waals surface area contributed by atoms with Gasteiger partial charge in [-0.2, -0.15) is 0 Å². The van der Waals surface area contributed by atoms with Crippen molar-refractivity contribution in [2.45, 2.75) is 6.54 Å². The topological polar surface area (TPSA) is 49.3 Å². The molecule has 3 rings (SSSR count). The Kier molecular flexibility index (Phi) is 4.03. The predicted octanol–water partition coefficient (Wildman–Crippen LogP) is 1.50. The summed E-state index contributed by atoms with van der Waals surface area (Å²) < 4.78 is 0. The van der Waals surface area contributed by atoms with Crippen LogP contribution in [0.3, 0.4) is 0 Å². The Morgan fingerprint density at radius 1 is 1.20 bits per heavy atom. The summed E-state index contributed by atoms with van der Waals surface area (Å²) in [7, 11) is 0. The van der Waals surface area contributed by atoms with Crippen LogP contribution in [0.4, 0.5) is 0 Å². The van der Waals surface area contributed by atoms with E-state index in [1.807, 2.05) is 34.7 Å². The third-order valence-electron chi connectivity index (χ3n) is 3.42. The van der Waals surface area contributed by atoms with Gasteiger partial charge in [0.2, 0.25) is 0 Å². The summed E-state index contributed by atoms with van der Waals surface area (Å²) in [6.07, 6.45) is 1.82. The highest BCUT2D eigenvalue weighted by Crippen LogP contribution is 2.10. The van der Waals surface area contributed by atoms with Crippen LogP contribution in [0, 0.1) is 0 Å². The van der Waals surface area contributed by atoms with E-state index in [2.05, 4.69) is 14.9 Å². The summed E-state index contributed by atoms with van der Waals surface area (Å²) in [5, 5.41) is 1.81. The summed E-state index contributed by atoms with van der Waals surface area (Å²) >= 11 is 1.46. The van der Waals surface area contributed by atoms with E-state index in [1.54, 1.807) is 5.51 Å². The Labute approximate surface area is 121 Å². The summed E-state index contributed by atoms with van der Waals surface area (Å²) in [5.41, 5.74) is 3.34. The highest BCUT2D eigenvalue weighted by Gasteiger charge is 2.23. The van der Waals surface area contributed by atoms with E-state index < -0.39 is 0 Å². The molecule has 5 nitrogen and oxygen atoms in total. The molecule has 0 unspecified atom stereocenters. The molecule has 104 valence electrons. The number of hydrogen-bond donors (Lipinski definition) is 0. The Morgan fingerprint density at radius 2 is 2.05 bits per heavy atom. The maximum Gasteiger partial charge on any atom is 0.273 e. The molecule has 1 fully saturated rings. The van der Waals surface area contributed by atoms with Gasteiger partial charge >= 0.3 is 0 Å². The van der Waals surface area contributed by atoms with Gasteiger partial charge in [0.15, 0.2) is 0 Å². The van der Waals surface area contributed by atoms with Crippen LogP contribution in [-0.4, -0.2) is 51.9 Å². The molecule has 0 saturated carbocycles. The summed E-state index contributed by atoms with van der Waals surface area (Å²) in [6.45, 7) is 4.12. The number of piperazine rings is 1. The SMILES string of the molecule is O=C(c1cscn1)N1CCN(Cc2ccccn2)CC1. The Hall–Kier alpha value is -1.79. The molecule has 2 aromatic heterocycles. The molecule has 1 saturated heterocycles. The zero-order valence-corrected chi connectivity index (χ0v) is 11.9. The molecule has 20 heavy (non-hydrogen) atoms. The van der Waals surface area contributed by atoms with Crippen molar-refractivity contribution in [2.75, 3.05) is 26.2 Å². The number of carbonyl (C=O) groups is 1. The molecule has 0 bridgehead atoms. The van der Waals surface area contributed by atoms with Gasteiger partial charge in [0.1, 0.15) is 5.69 Å². The first-order valence-corrected chi connectivity index (χ1v) is 7.57. The van der Waals surface area contributed by atoms with Crippen LogP contribution in [0.25, 0.3) is 0 Å². The zero-order chi connectivity index (χ0) is 13.8. The maximum absolute atomic E-state index is 12.2. The number of thiazole rings is 1. The average molecular weight is 288 g/mol. The highest BCUT2D eigenvalue weighted by molar-refractivity contribution is 7.07. The number of carbonyl (C=O) groups excluding carboxylic acids is 1. The lowest BCUT2D eigenvalue weighted by molar-refractivity contribution is 0.0622. The monoisotopic (exact) mass is 288 g/mol. The fourth-order valence-electron chi connectivity index (χ4n) is 2.31. The smallest absolute Gasteiger partial charge is 0.273 e. The molecule has 0 aliphatic carbocycles. The molecule has 3 heterocycles. The van der Waals surface area contributed by atoms with Gasteiger partial charge in [0.05, 0.1) is 11.2 Å². The van der Waals surface area contributed by atoms with E-state index in [0.717, 1.165) is 38.4 Å². The molecule has 0 atom stereocenters. The summed E-state index contributed by atoms with van der Waals surface area (Å²) in [5.74, 6) is 0.0451. The largest absolute Gasteiger partial charge is 0.335 e. The second kappa shape index (κ2) is 6.11. The first kappa shape index (κ1) is 13.2. The molecule has 0 radical (unpaired) electrons. The van der Waals surface area contributed by atoms with Crippen molar-refractivity contribution in [3.63, 3.8) is 0 Å². The molecular weight excluding hydrogens is 272 g/mol. The highest BCUT2D eigenvalue weighted by atomic mass is 32.1. The van der Waals surface area contributed by atoms with Crippen LogP contribution in [0.15, 0.2) is 35.3 Å². The zero-order valence-electron chi connectivity index (χ0n) is 11.1. The minimum atomic E-state index is 0.0451. The number of rotatable bonds is 3. The molecule has 0 spiro atoms. The minimum absolute atomic E-state index is 0.0451. The van der Waals surface area contributed by atoms with Gasteiger partial charge < -0.3 is 4.90 Å². The van der Waals surface area contributed by atoms with Crippen molar-refractivity contribution in [3.05, 3.63) is 46.7 Å². The predicted molar refractivity (Wildman–Crippen MR) is 77.5 cm³/mol. The van der Waals surface area contributed by atoms with Crippen LogP contribution in [-0.2, 0) is 6.54 Å². The number of nitrogens with zero attached hydrogens (tertiary/aromatic N) is 4. The number of hydrogen-bond acceptors (Lipinski definition) is 5. The standard InChI is InChI=1S/C14H16N4OS/c19-14(13-10-20-11-16-13)18-7-5-17(6-8-18)9-12-3-1-2-4-15-12/h1-4,10-11H,5-9H2. The van der Waals surface area contributed by atoms with Gasteiger partial charge in [0, 0.05) is 44.3 Å². The third kappa shape index (κ3) is 3.02. The molecule has 2 aromatic rings. The lowest BCUT2D eigenvalue weighted by Crippen LogP contribution is -2.48. The average Bonchev–Trinajstić information content (AvgIpc) is 3.03. The Balaban J connectivity index is 1.53. The van der Waals surface area contributed by atoms with Crippen molar-refractivity contribution < 1.29 is 4.79 Å². The summed E-state index contributed by atoms with van der Waals surface area (Å²) in [6, 6.07) is 5.96. The van der Waals surface area contributed by atoms with Gasteiger partial charge in [-0.1, -0.05) is 6.07 Å². The van der Waals surface area contributed by atoms with E-state index >= 15 is 0 Å². The second-order valence-corrected chi connectivity index (χ2v) is 5.48. The van der Waals surface area contributed by atoms with Crippen LogP contribution >= 0.6 is 11.3 Å². The van der Waals surface area contributed by atoms with E-state index in [-0.39, 0.29) is 5.91 Å². The van der Waals surface area contributed by atoms with E-state index in [9.17, 15) is 4.79 Å². The van der Waals surface area contributed by atoms with Crippen molar-refractivity contribution in [3.8, 4) is 0 Å². The molecule has 0 N–H and O–H groups in total. The Morgan fingerprint density at radius 3 is 2.70 bits per heavy atom. The second-order valence-electron chi connectivity index (χ2n) is 4.76. The molecule has 1 amide bonds.